The lowest BCUT2D eigenvalue weighted by molar-refractivity contribution is 0.405. The van der Waals surface area contributed by atoms with Crippen LogP contribution in [-0.4, -0.2) is 36.0 Å². The summed E-state index contributed by atoms with van der Waals surface area (Å²) in [6, 6.07) is 0. The van der Waals surface area contributed by atoms with E-state index in [1.165, 1.54) is 0 Å². The van der Waals surface area contributed by atoms with E-state index in [0.717, 1.165) is 26.2 Å². The first-order valence-corrected chi connectivity index (χ1v) is 6.43. The second kappa shape index (κ2) is 24.9. The third-order valence-corrected chi connectivity index (χ3v) is 1.15. The van der Waals surface area contributed by atoms with Gasteiger partial charge >= 0.3 is 8.25 Å². The summed E-state index contributed by atoms with van der Waals surface area (Å²) in [5.74, 6) is 0. The van der Waals surface area contributed by atoms with Gasteiger partial charge in [-0.1, -0.05) is 24.3 Å². The molecule has 0 aromatic heterocycles. The van der Waals surface area contributed by atoms with Crippen molar-refractivity contribution in [3.8, 4) is 0 Å². The van der Waals surface area contributed by atoms with Gasteiger partial charge in [-0.3, -0.25) is 0 Å². The van der Waals surface area contributed by atoms with Gasteiger partial charge in [-0.2, -0.15) is 0 Å². The smallest absolute Gasteiger partial charge is 0.310 e. The Morgan fingerprint density at radius 2 is 0.944 bits per heavy atom. The van der Waals surface area contributed by atoms with Crippen LogP contribution in [0, 0.1) is 0 Å². The molecule has 0 saturated heterocycles. The first-order valence-electron chi connectivity index (χ1n) is 5.26. The summed E-state index contributed by atoms with van der Waals surface area (Å²) in [5, 5.41) is 6.10. The Morgan fingerprint density at radius 3 is 1.06 bits per heavy atom. The third kappa shape index (κ3) is 60.5. The van der Waals surface area contributed by atoms with Crippen molar-refractivity contribution in [1.29, 1.82) is 0 Å². The van der Waals surface area contributed by atoms with E-state index < -0.39 is 8.25 Å². The molecule has 0 bridgehead atoms. The van der Waals surface area contributed by atoms with Gasteiger partial charge in [0.1, 0.15) is 0 Å². The second-order valence-corrected chi connectivity index (χ2v) is 3.23. The highest BCUT2D eigenvalue weighted by atomic mass is 31.1. The molecule has 5 nitrogen and oxygen atoms in total. The lowest BCUT2D eigenvalue weighted by Crippen LogP contribution is -2.11. The minimum Gasteiger partial charge on any atom is -0.310 e. The molecule has 0 saturated carbocycles. The Balaban J connectivity index is -0.000000196. The van der Waals surface area contributed by atoms with Crippen molar-refractivity contribution in [1.82, 2.24) is 10.6 Å². The molecule has 0 amide bonds. The first-order chi connectivity index (χ1) is 8.56. The van der Waals surface area contributed by atoms with E-state index in [1.54, 1.807) is 0 Å². The fraction of sp³-hybridized carbons (Fsp3) is 0.333. The summed E-state index contributed by atoms with van der Waals surface area (Å²) < 4.78 is 8.70. The lowest BCUT2D eigenvalue weighted by Gasteiger charge is -1.90. The fourth-order valence-corrected chi connectivity index (χ4v) is 0.575. The maximum atomic E-state index is 8.70. The summed E-state index contributed by atoms with van der Waals surface area (Å²) in [4.78, 5) is 14.2. The Morgan fingerprint density at radius 1 is 0.778 bits per heavy atom. The zero-order valence-corrected chi connectivity index (χ0v) is 11.6. The van der Waals surface area contributed by atoms with E-state index in [0.29, 0.717) is 0 Å². The van der Waals surface area contributed by atoms with Gasteiger partial charge in [0.15, 0.2) is 0 Å². The Kier molecular flexibility index (Phi) is 30.6. The zero-order chi connectivity index (χ0) is 14.6. The van der Waals surface area contributed by atoms with Gasteiger partial charge in [0.25, 0.3) is 0 Å². The molecule has 18 heavy (non-hydrogen) atoms. The van der Waals surface area contributed by atoms with Crippen LogP contribution in [0.15, 0.2) is 50.6 Å². The van der Waals surface area contributed by atoms with Crippen molar-refractivity contribution in [2.24, 2.45) is 0 Å². The van der Waals surface area contributed by atoms with E-state index in [4.69, 9.17) is 14.4 Å². The van der Waals surface area contributed by atoms with E-state index >= 15 is 0 Å². The van der Waals surface area contributed by atoms with E-state index in [-0.39, 0.29) is 0 Å². The molecule has 0 radical (unpaired) electrons. The molecule has 0 aliphatic rings. The van der Waals surface area contributed by atoms with Crippen LogP contribution in [-0.2, 0) is 4.57 Å². The Bertz CT molecular complexity index is 195. The summed E-state index contributed by atoms with van der Waals surface area (Å²) in [6.45, 7) is 17.6. The van der Waals surface area contributed by atoms with Crippen molar-refractivity contribution in [2.45, 2.75) is 0 Å². The summed E-state index contributed by atoms with van der Waals surface area (Å²) >= 11 is 0. The van der Waals surface area contributed by atoms with Gasteiger partial charge in [0, 0.05) is 30.7 Å². The summed E-state index contributed by atoms with van der Waals surface area (Å²) in [7, 11) is -2.87. The quantitative estimate of drug-likeness (QED) is 0.307. The second-order valence-electron chi connectivity index (χ2n) is 2.72. The molecular weight excluding hydrogens is 251 g/mol. The number of nitrogens with one attached hydrogen (secondary N) is 2. The highest BCUT2D eigenvalue weighted by Gasteiger charge is 1.93. The highest BCUT2D eigenvalue weighted by molar-refractivity contribution is 7.30. The molecule has 4 N–H and O–H groups in total. The average molecular weight is 275 g/mol. The lowest BCUT2D eigenvalue weighted by atomic mass is 10.5. The molecule has 0 aromatic rings. The third-order valence-electron chi connectivity index (χ3n) is 1.15. The molecule has 0 atom stereocenters. The molecule has 0 unspecified atom stereocenters. The van der Waals surface area contributed by atoms with Crippen LogP contribution in [0.25, 0.3) is 0 Å². The fourth-order valence-electron chi connectivity index (χ4n) is 0.575. The predicted octanol–water partition coefficient (Wildman–Crippen LogP) is 1.52. The SMILES string of the molecule is C=CCNCC=C.C=CCNCC=C.O=[P+](O)O. The largest absolute Gasteiger partial charge is 0.692 e. The minimum absolute atomic E-state index is 0.867. The van der Waals surface area contributed by atoms with Crippen molar-refractivity contribution < 1.29 is 14.4 Å². The molecule has 0 fully saturated rings. The average Bonchev–Trinajstić information content (AvgIpc) is 2.31. The van der Waals surface area contributed by atoms with Crippen LogP contribution >= 0.6 is 8.25 Å². The normalized spacial score (nSPS) is 7.67. The standard InChI is InChI=1S/2C6H11N.HO3P/c2*1-3-5-7-6-4-2;1-4(2)3/h2*3-4,7H,1-2,5-6H2;(H-,1,2,3)/p+1. The Labute approximate surface area is 111 Å². The maximum absolute atomic E-state index is 8.70. The zero-order valence-electron chi connectivity index (χ0n) is 10.7. The van der Waals surface area contributed by atoms with Crippen molar-refractivity contribution >= 4 is 8.25 Å². The molecular formula is C12H24N2O3P+. The molecule has 0 heterocycles. The van der Waals surface area contributed by atoms with Gasteiger partial charge in [0.2, 0.25) is 0 Å². The Hall–Kier alpha value is -1.10. The minimum atomic E-state index is -2.87. The highest BCUT2D eigenvalue weighted by Crippen LogP contribution is 1.98. The van der Waals surface area contributed by atoms with Crippen molar-refractivity contribution in [2.75, 3.05) is 26.2 Å². The molecule has 0 rings (SSSR count). The van der Waals surface area contributed by atoms with Gasteiger partial charge < -0.3 is 10.6 Å². The molecule has 0 aliphatic heterocycles. The summed E-state index contributed by atoms with van der Waals surface area (Å²) in [5.41, 5.74) is 0. The van der Waals surface area contributed by atoms with Crippen LogP contribution in [0.5, 0.6) is 0 Å². The maximum Gasteiger partial charge on any atom is 0.692 e. The van der Waals surface area contributed by atoms with E-state index in [1.807, 2.05) is 24.3 Å². The monoisotopic (exact) mass is 275 g/mol. The van der Waals surface area contributed by atoms with E-state index in [2.05, 4.69) is 36.9 Å². The van der Waals surface area contributed by atoms with Crippen molar-refractivity contribution in [3.63, 3.8) is 0 Å². The van der Waals surface area contributed by atoms with Gasteiger partial charge in [-0.25, -0.2) is 0 Å². The van der Waals surface area contributed by atoms with Gasteiger partial charge in [-0.15, -0.1) is 36.1 Å². The molecule has 0 spiro atoms. The number of hydrogen-bond donors (Lipinski definition) is 4. The number of hydrogen-bond acceptors (Lipinski definition) is 3. The van der Waals surface area contributed by atoms with Crippen LogP contribution < -0.4 is 10.6 Å². The van der Waals surface area contributed by atoms with Gasteiger partial charge in [0.05, 0.1) is 0 Å². The van der Waals surface area contributed by atoms with Gasteiger partial charge in [-0.05, 0) is 0 Å². The van der Waals surface area contributed by atoms with Crippen LogP contribution in [0.1, 0.15) is 0 Å². The molecule has 0 aromatic carbocycles. The topological polar surface area (TPSA) is 81.6 Å². The number of rotatable bonds is 8. The van der Waals surface area contributed by atoms with Crippen LogP contribution in [0.4, 0.5) is 0 Å². The molecule has 104 valence electrons. The van der Waals surface area contributed by atoms with Crippen LogP contribution in [0.3, 0.4) is 0 Å². The summed E-state index contributed by atoms with van der Waals surface area (Å²) in [6.07, 6.45) is 7.29. The first kappa shape index (κ1) is 22.1. The van der Waals surface area contributed by atoms with Crippen LogP contribution in [0.2, 0.25) is 0 Å². The molecule has 6 heteroatoms. The molecule has 0 aliphatic carbocycles. The predicted molar refractivity (Wildman–Crippen MR) is 78.6 cm³/mol. The van der Waals surface area contributed by atoms with E-state index in [9.17, 15) is 0 Å². The van der Waals surface area contributed by atoms with Crippen molar-refractivity contribution in [3.05, 3.63) is 50.6 Å².